The molecule has 2 aromatic heterocycles. The van der Waals surface area contributed by atoms with Gasteiger partial charge in [0.25, 0.3) is 5.91 Å². The van der Waals surface area contributed by atoms with Crippen LogP contribution in [0.1, 0.15) is 35.3 Å². The Labute approximate surface area is 130 Å². The number of nitrogens with zero attached hydrogens (tertiary/aromatic N) is 3. The minimum atomic E-state index is 0.0403. The molecule has 1 aliphatic rings. The molecule has 0 saturated carbocycles. The Balaban J connectivity index is 1.59. The van der Waals surface area contributed by atoms with Crippen LogP contribution in [0.3, 0.4) is 0 Å². The number of anilines is 1. The van der Waals surface area contributed by atoms with Crippen LogP contribution in [0.4, 0.5) is 5.69 Å². The van der Waals surface area contributed by atoms with Crippen molar-refractivity contribution < 1.29 is 4.79 Å². The summed E-state index contributed by atoms with van der Waals surface area (Å²) in [4.78, 5) is 22.6. The van der Waals surface area contributed by atoms with Crippen molar-refractivity contribution in [2.45, 2.75) is 25.8 Å². The molecule has 1 fully saturated rings. The molecule has 0 aromatic carbocycles. The average Bonchev–Trinajstić information content (AvgIpc) is 2.61. The summed E-state index contributed by atoms with van der Waals surface area (Å²) in [7, 11) is 0. The smallest absolute Gasteiger partial charge is 0.272 e. The van der Waals surface area contributed by atoms with Gasteiger partial charge in [-0.15, -0.1) is 0 Å². The van der Waals surface area contributed by atoms with Crippen LogP contribution in [-0.4, -0.2) is 33.9 Å². The molecule has 0 unspecified atom stereocenters. The zero-order chi connectivity index (χ0) is 15.2. The van der Waals surface area contributed by atoms with E-state index >= 15 is 0 Å². The first kappa shape index (κ1) is 14.5. The fourth-order valence-electron chi connectivity index (χ4n) is 2.59. The second kappa shape index (κ2) is 7.02. The standard InChI is InChI=1S/C17H20N4O/c22-17(21-9-2-1-3-10-21)16-7-6-15(13-20-16)19-12-14-5-4-8-18-11-14/h4-8,11,13,19H,1-3,9-10,12H2. The Bertz CT molecular complexity index is 606. The second-order valence-corrected chi connectivity index (χ2v) is 5.50. The molecule has 1 N–H and O–H groups in total. The molecule has 5 nitrogen and oxygen atoms in total. The maximum atomic E-state index is 12.3. The predicted octanol–water partition coefficient (Wildman–Crippen LogP) is 2.71. The number of carbonyl (C=O) groups is 1. The molecule has 0 atom stereocenters. The molecule has 0 spiro atoms. The van der Waals surface area contributed by atoms with Crippen LogP contribution in [0.2, 0.25) is 0 Å². The van der Waals surface area contributed by atoms with Gasteiger partial charge in [-0.1, -0.05) is 6.07 Å². The van der Waals surface area contributed by atoms with Crippen LogP contribution in [0.15, 0.2) is 42.9 Å². The van der Waals surface area contributed by atoms with Gasteiger partial charge in [0.05, 0.1) is 11.9 Å². The van der Waals surface area contributed by atoms with Crippen molar-refractivity contribution in [2.75, 3.05) is 18.4 Å². The number of rotatable bonds is 4. The highest BCUT2D eigenvalue weighted by Crippen LogP contribution is 2.14. The first-order chi connectivity index (χ1) is 10.8. The first-order valence-electron chi connectivity index (χ1n) is 7.71. The van der Waals surface area contributed by atoms with Gasteiger partial charge in [-0.05, 0) is 43.0 Å². The van der Waals surface area contributed by atoms with E-state index < -0.39 is 0 Å². The normalized spacial score (nSPS) is 14.6. The van der Waals surface area contributed by atoms with Gasteiger partial charge in [-0.3, -0.25) is 9.78 Å². The lowest BCUT2D eigenvalue weighted by Gasteiger charge is -2.26. The molecule has 0 bridgehead atoms. The minimum Gasteiger partial charge on any atom is -0.380 e. The Hall–Kier alpha value is -2.43. The van der Waals surface area contributed by atoms with Gasteiger partial charge in [-0.2, -0.15) is 0 Å². The number of aromatic nitrogens is 2. The summed E-state index contributed by atoms with van der Waals surface area (Å²) in [6.45, 7) is 2.39. The molecule has 1 amide bonds. The summed E-state index contributed by atoms with van der Waals surface area (Å²) < 4.78 is 0. The van der Waals surface area contributed by atoms with Gasteiger partial charge in [0, 0.05) is 32.0 Å². The molecular formula is C17H20N4O. The summed E-state index contributed by atoms with van der Waals surface area (Å²) in [5.41, 5.74) is 2.53. The lowest BCUT2D eigenvalue weighted by molar-refractivity contribution is 0.0718. The topological polar surface area (TPSA) is 58.1 Å². The SMILES string of the molecule is O=C(c1ccc(NCc2cccnc2)cn1)N1CCCCC1. The molecule has 1 aliphatic heterocycles. The zero-order valence-electron chi connectivity index (χ0n) is 12.5. The van der Waals surface area contributed by atoms with E-state index in [0.717, 1.165) is 37.2 Å². The summed E-state index contributed by atoms with van der Waals surface area (Å²) in [5, 5.41) is 3.28. The number of pyridine rings is 2. The van der Waals surface area contributed by atoms with Gasteiger partial charge in [0.1, 0.15) is 5.69 Å². The lowest BCUT2D eigenvalue weighted by atomic mass is 10.1. The van der Waals surface area contributed by atoms with E-state index in [-0.39, 0.29) is 5.91 Å². The van der Waals surface area contributed by atoms with Crippen LogP contribution in [0.25, 0.3) is 0 Å². The monoisotopic (exact) mass is 296 g/mol. The number of amides is 1. The van der Waals surface area contributed by atoms with Crippen molar-refractivity contribution in [3.63, 3.8) is 0 Å². The predicted molar refractivity (Wildman–Crippen MR) is 85.6 cm³/mol. The third-order valence-electron chi connectivity index (χ3n) is 3.85. The van der Waals surface area contributed by atoms with E-state index in [0.29, 0.717) is 12.2 Å². The molecule has 1 saturated heterocycles. The molecule has 3 rings (SSSR count). The van der Waals surface area contributed by atoms with Crippen LogP contribution in [0.5, 0.6) is 0 Å². The van der Waals surface area contributed by atoms with Gasteiger partial charge in [0.15, 0.2) is 0 Å². The first-order valence-corrected chi connectivity index (χ1v) is 7.71. The third kappa shape index (κ3) is 3.61. The molecular weight excluding hydrogens is 276 g/mol. The molecule has 22 heavy (non-hydrogen) atoms. The molecule has 114 valence electrons. The Morgan fingerprint density at radius 2 is 2.00 bits per heavy atom. The van der Waals surface area contributed by atoms with Gasteiger partial charge in [0.2, 0.25) is 0 Å². The van der Waals surface area contributed by atoms with E-state index in [2.05, 4.69) is 15.3 Å². The molecule has 5 heteroatoms. The molecule has 2 aromatic rings. The number of nitrogens with one attached hydrogen (secondary N) is 1. The van der Waals surface area contributed by atoms with Crippen molar-refractivity contribution >= 4 is 11.6 Å². The number of hydrogen-bond donors (Lipinski definition) is 1. The van der Waals surface area contributed by atoms with E-state index in [1.165, 1.54) is 6.42 Å². The van der Waals surface area contributed by atoms with E-state index in [4.69, 9.17) is 0 Å². The van der Waals surface area contributed by atoms with Gasteiger partial charge < -0.3 is 10.2 Å². The zero-order valence-corrected chi connectivity index (χ0v) is 12.5. The third-order valence-corrected chi connectivity index (χ3v) is 3.85. The Kier molecular flexibility index (Phi) is 4.63. The number of likely N-dealkylation sites (tertiary alicyclic amines) is 1. The van der Waals surface area contributed by atoms with Crippen LogP contribution in [-0.2, 0) is 6.54 Å². The minimum absolute atomic E-state index is 0.0403. The van der Waals surface area contributed by atoms with Crippen LogP contribution >= 0.6 is 0 Å². The maximum absolute atomic E-state index is 12.3. The van der Waals surface area contributed by atoms with E-state index in [1.54, 1.807) is 18.5 Å². The van der Waals surface area contributed by atoms with Crippen molar-refractivity contribution in [3.05, 3.63) is 54.1 Å². The van der Waals surface area contributed by atoms with E-state index in [1.807, 2.05) is 29.3 Å². The molecule has 0 aliphatic carbocycles. The number of carbonyl (C=O) groups excluding carboxylic acids is 1. The van der Waals surface area contributed by atoms with E-state index in [9.17, 15) is 4.79 Å². The van der Waals surface area contributed by atoms with Crippen molar-refractivity contribution in [1.82, 2.24) is 14.9 Å². The highest BCUT2D eigenvalue weighted by Gasteiger charge is 2.18. The van der Waals surface area contributed by atoms with Gasteiger partial charge in [-0.25, -0.2) is 4.98 Å². The highest BCUT2D eigenvalue weighted by atomic mass is 16.2. The van der Waals surface area contributed by atoms with Crippen LogP contribution in [0, 0.1) is 0 Å². The molecule has 3 heterocycles. The van der Waals surface area contributed by atoms with Gasteiger partial charge >= 0.3 is 0 Å². The summed E-state index contributed by atoms with van der Waals surface area (Å²) in [5.74, 6) is 0.0403. The fourth-order valence-corrected chi connectivity index (χ4v) is 2.59. The number of piperidine rings is 1. The lowest BCUT2D eigenvalue weighted by Crippen LogP contribution is -2.36. The van der Waals surface area contributed by atoms with Crippen LogP contribution < -0.4 is 5.32 Å². The van der Waals surface area contributed by atoms with Crippen molar-refractivity contribution in [1.29, 1.82) is 0 Å². The summed E-state index contributed by atoms with van der Waals surface area (Å²) in [6, 6.07) is 7.63. The number of hydrogen-bond acceptors (Lipinski definition) is 4. The Morgan fingerprint density at radius 3 is 2.68 bits per heavy atom. The second-order valence-electron chi connectivity index (χ2n) is 5.50. The highest BCUT2D eigenvalue weighted by molar-refractivity contribution is 5.92. The maximum Gasteiger partial charge on any atom is 0.272 e. The van der Waals surface area contributed by atoms with Crippen molar-refractivity contribution in [3.8, 4) is 0 Å². The largest absolute Gasteiger partial charge is 0.380 e. The quantitative estimate of drug-likeness (QED) is 0.942. The fraction of sp³-hybridized carbons (Fsp3) is 0.353. The summed E-state index contributed by atoms with van der Waals surface area (Å²) >= 11 is 0. The average molecular weight is 296 g/mol. The summed E-state index contributed by atoms with van der Waals surface area (Å²) in [6.07, 6.45) is 8.70. The van der Waals surface area contributed by atoms with Crippen molar-refractivity contribution in [2.24, 2.45) is 0 Å². The Morgan fingerprint density at radius 1 is 1.14 bits per heavy atom. The molecule has 0 radical (unpaired) electrons.